The van der Waals surface area contributed by atoms with E-state index in [1.165, 1.54) is 58.5 Å². The van der Waals surface area contributed by atoms with E-state index in [1.807, 2.05) is 6.92 Å². The van der Waals surface area contributed by atoms with Crippen LogP contribution >= 0.6 is 0 Å². The van der Waals surface area contributed by atoms with E-state index in [1.54, 1.807) is 6.92 Å². The van der Waals surface area contributed by atoms with Gasteiger partial charge in [0.25, 0.3) is 10.1 Å². The van der Waals surface area contributed by atoms with Crippen molar-refractivity contribution in [3.8, 4) is 0 Å². The molecule has 0 aliphatic heterocycles. The molecule has 3 N–H and O–H groups in total. The van der Waals surface area contributed by atoms with Gasteiger partial charge in [-0.25, -0.2) is 0 Å². The van der Waals surface area contributed by atoms with Crippen molar-refractivity contribution in [1.82, 2.24) is 6.15 Å². The van der Waals surface area contributed by atoms with E-state index < -0.39 is 14.9 Å². The summed E-state index contributed by atoms with van der Waals surface area (Å²) in [6, 6.07) is 0. The topological polar surface area (TPSA) is 78.4 Å². The molecule has 136 valence electrons. The van der Waals surface area contributed by atoms with Gasteiger partial charge in [0.05, 0.1) is 11.9 Å². The minimum absolute atomic E-state index is 0. The molecule has 0 bridgehead atoms. The molecule has 0 aliphatic rings. The zero-order valence-corrected chi connectivity index (χ0v) is 16.1. The Kier molecular flexibility index (Phi) is 14.6. The molecule has 0 fully saturated rings. The lowest BCUT2D eigenvalue weighted by Gasteiger charge is -2.26. The summed E-state index contributed by atoms with van der Waals surface area (Å²) in [5, 5.41) is 0. The van der Waals surface area contributed by atoms with Gasteiger partial charge in [0.15, 0.2) is 0 Å². The lowest BCUT2D eigenvalue weighted by Crippen LogP contribution is -2.35. The van der Waals surface area contributed by atoms with Gasteiger partial charge < -0.3 is 6.15 Å². The Labute approximate surface area is 139 Å². The van der Waals surface area contributed by atoms with Crippen LogP contribution in [-0.2, 0) is 14.3 Å². The van der Waals surface area contributed by atoms with E-state index in [0.29, 0.717) is 12.8 Å². The third-order valence-electron chi connectivity index (χ3n) is 4.63. The Bertz CT molecular complexity index is 344. The van der Waals surface area contributed by atoms with Crippen LogP contribution in [0.4, 0.5) is 0 Å². The SMILES string of the molecule is CCCCCCCCCCCCC(C)(CC)S(=O)(=O)OC.N. The zero-order chi connectivity index (χ0) is 16.2. The van der Waals surface area contributed by atoms with Crippen LogP contribution in [-0.4, -0.2) is 20.3 Å². The normalized spacial score (nSPS) is 14.4. The quantitative estimate of drug-likeness (QED) is 0.330. The Morgan fingerprint density at radius 2 is 1.23 bits per heavy atom. The first-order valence-corrected chi connectivity index (χ1v) is 10.1. The van der Waals surface area contributed by atoms with Crippen LogP contribution in [0, 0.1) is 0 Å². The molecule has 0 rings (SSSR count). The van der Waals surface area contributed by atoms with Crippen molar-refractivity contribution in [2.75, 3.05) is 7.11 Å². The molecule has 0 radical (unpaired) electrons. The summed E-state index contributed by atoms with van der Waals surface area (Å²) in [6.07, 6.45) is 14.0. The lowest BCUT2D eigenvalue weighted by molar-refractivity contribution is 0.351. The molecular weight excluding hydrogens is 298 g/mol. The largest absolute Gasteiger partial charge is 0.344 e. The minimum Gasteiger partial charge on any atom is -0.344 e. The van der Waals surface area contributed by atoms with Gasteiger partial charge in [0, 0.05) is 0 Å². The first-order chi connectivity index (χ1) is 9.93. The van der Waals surface area contributed by atoms with Crippen LogP contribution in [0.25, 0.3) is 0 Å². The van der Waals surface area contributed by atoms with Crippen molar-refractivity contribution in [2.24, 2.45) is 0 Å². The Balaban J connectivity index is 0. The van der Waals surface area contributed by atoms with Gasteiger partial charge in [-0.1, -0.05) is 78.1 Å². The molecule has 1 unspecified atom stereocenters. The van der Waals surface area contributed by atoms with E-state index in [9.17, 15) is 8.42 Å². The molecule has 0 heterocycles. The number of hydrogen-bond donors (Lipinski definition) is 1. The zero-order valence-electron chi connectivity index (χ0n) is 15.3. The van der Waals surface area contributed by atoms with E-state index in [0.717, 1.165) is 12.8 Å². The third-order valence-corrected chi connectivity index (χ3v) is 6.77. The minimum atomic E-state index is -3.42. The van der Waals surface area contributed by atoms with Crippen molar-refractivity contribution in [1.29, 1.82) is 0 Å². The van der Waals surface area contributed by atoms with Crippen molar-refractivity contribution >= 4 is 10.1 Å². The average molecular weight is 338 g/mol. The lowest BCUT2D eigenvalue weighted by atomic mass is 9.98. The van der Waals surface area contributed by atoms with Crippen molar-refractivity contribution in [3.63, 3.8) is 0 Å². The molecular formula is C17H39NO3S. The van der Waals surface area contributed by atoms with Crippen LogP contribution in [0.5, 0.6) is 0 Å². The maximum Gasteiger partial charge on any atom is 0.272 e. The van der Waals surface area contributed by atoms with Crippen molar-refractivity contribution in [3.05, 3.63) is 0 Å². The fourth-order valence-corrected chi connectivity index (χ4v) is 3.82. The average Bonchev–Trinajstić information content (AvgIpc) is 2.48. The highest BCUT2D eigenvalue weighted by Gasteiger charge is 2.37. The van der Waals surface area contributed by atoms with Gasteiger partial charge in [0.1, 0.15) is 0 Å². The molecule has 5 heteroatoms. The fourth-order valence-electron chi connectivity index (χ4n) is 2.67. The highest BCUT2D eigenvalue weighted by molar-refractivity contribution is 7.88. The van der Waals surface area contributed by atoms with Gasteiger partial charge in [-0.2, -0.15) is 8.42 Å². The third kappa shape index (κ3) is 9.11. The van der Waals surface area contributed by atoms with Crippen LogP contribution < -0.4 is 6.15 Å². The molecule has 0 aliphatic carbocycles. The predicted molar refractivity (Wildman–Crippen MR) is 96.1 cm³/mol. The molecule has 4 nitrogen and oxygen atoms in total. The van der Waals surface area contributed by atoms with Crippen LogP contribution in [0.1, 0.15) is 97.8 Å². The van der Waals surface area contributed by atoms with Crippen LogP contribution in [0.2, 0.25) is 0 Å². The molecule has 0 aromatic rings. The Morgan fingerprint density at radius 3 is 1.59 bits per heavy atom. The van der Waals surface area contributed by atoms with E-state index in [-0.39, 0.29) is 6.15 Å². The monoisotopic (exact) mass is 337 g/mol. The molecule has 0 saturated heterocycles. The predicted octanol–water partition coefficient (Wildman–Crippen LogP) is 5.60. The molecule has 0 aromatic carbocycles. The van der Waals surface area contributed by atoms with E-state index >= 15 is 0 Å². The second kappa shape index (κ2) is 13.3. The summed E-state index contributed by atoms with van der Waals surface area (Å²) in [5.41, 5.74) is 0. The molecule has 0 saturated carbocycles. The van der Waals surface area contributed by atoms with Crippen molar-refractivity contribution in [2.45, 2.75) is 103 Å². The van der Waals surface area contributed by atoms with Crippen LogP contribution in [0.15, 0.2) is 0 Å². The number of unbranched alkanes of at least 4 members (excludes halogenated alkanes) is 9. The summed E-state index contributed by atoms with van der Waals surface area (Å²) in [6.45, 7) is 5.97. The Morgan fingerprint density at radius 1 is 0.818 bits per heavy atom. The highest BCUT2D eigenvalue weighted by atomic mass is 32.2. The van der Waals surface area contributed by atoms with Gasteiger partial charge in [-0.3, -0.25) is 4.18 Å². The first-order valence-electron chi connectivity index (χ1n) is 8.73. The molecule has 1 atom stereocenters. The number of hydrogen-bond acceptors (Lipinski definition) is 4. The summed E-state index contributed by atoms with van der Waals surface area (Å²) >= 11 is 0. The van der Waals surface area contributed by atoms with Gasteiger partial charge in [0.2, 0.25) is 0 Å². The Hall–Kier alpha value is -0.130. The van der Waals surface area contributed by atoms with E-state index in [2.05, 4.69) is 6.92 Å². The van der Waals surface area contributed by atoms with E-state index in [4.69, 9.17) is 4.18 Å². The second-order valence-corrected chi connectivity index (χ2v) is 8.58. The molecule has 0 aromatic heterocycles. The molecule has 22 heavy (non-hydrogen) atoms. The summed E-state index contributed by atoms with van der Waals surface area (Å²) in [5.74, 6) is 0. The van der Waals surface area contributed by atoms with Gasteiger partial charge >= 0.3 is 0 Å². The van der Waals surface area contributed by atoms with Gasteiger partial charge in [-0.05, 0) is 19.8 Å². The first kappa shape index (κ1) is 24.1. The summed E-state index contributed by atoms with van der Waals surface area (Å²) in [4.78, 5) is 0. The second-order valence-electron chi connectivity index (χ2n) is 6.36. The standard InChI is InChI=1S/C17H36O3S.H3N/c1-5-7-8-9-10-11-12-13-14-15-16-17(3,6-2)21(18,19)20-4;/h5-16H2,1-4H3;1H3. The molecule has 0 amide bonds. The van der Waals surface area contributed by atoms with Crippen LogP contribution in [0.3, 0.4) is 0 Å². The highest BCUT2D eigenvalue weighted by Crippen LogP contribution is 2.29. The number of rotatable bonds is 14. The van der Waals surface area contributed by atoms with Crippen molar-refractivity contribution < 1.29 is 12.6 Å². The maximum atomic E-state index is 11.9. The maximum absolute atomic E-state index is 11.9. The summed E-state index contributed by atoms with van der Waals surface area (Å²) in [7, 11) is -2.15. The smallest absolute Gasteiger partial charge is 0.272 e. The van der Waals surface area contributed by atoms with Gasteiger partial charge in [-0.15, -0.1) is 0 Å². The summed E-state index contributed by atoms with van der Waals surface area (Å²) < 4.78 is 27.8. The molecule has 0 spiro atoms. The fraction of sp³-hybridized carbons (Fsp3) is 1.00.